The molecular formula is C19H24BrN3O2. The van der Waals surface area contributed by atoms with Gasteiger partial charge in [0.15, 0.2) is 6.19 Å². The number of halogens is 1. The lowest BCUT2D eigenvalue weighted by Crippen LogP contribution is -2.43. The fraction of sp³-hybridized carbons (Fsp3) is 0.579. The number of carbonyl (C=O) groups is 1. The molecule has 0 aliphatic carbocycles. The highest BCUT2D eigenvalue weighted by atomic mass is 79.9. The summed E-state index contributed by atoms with van der Waals surface area (Å²) in [5.74, 6) is 1.06. The molecule has 134 valence electrons. The number of carbonyl (C=O) groups excluding carboxylic acids is 1. The molecule has 1 amide bonds. The van der Waals surface area contributed by atoms with Crippen LogP contribution < -0.4 is 10.1 Å². The largest absolute Gasteiger partial charge is 0.492 e. The molecular weight excluding hydrogens is 382 g/mol. The normalized spacial score (nSPS) is 25.5. The van der Waals surface area contributed by atoms with Crippen molar-refractivity contribution in [3.05, 3.63) is 28.2 Å². The van der Waals surface area contributed by atoms with Crippen molar-refractivity contribution in [2.45, 2.75) is 57.7 Å². The summed E-state index contributed by atoms with van der Waals surface area (Å²) in [6.07, 6.45) is 6.22. The number of benzene rings is 1. The summed E-state index contributed by atoms with van der Waals surface area (Å²) in [6.45, 7) is 4.90. The standard InChI is InChI=1S/C19H24BrN3O2/c1-3-12(2)10-25-18-8-13(4-6-15(18)20)19(24)22-16-9-14-5-7-17(16)23(14)11-21/h4,6,8,12,14,16-17H,3,5,7,9-10H2,1-2H3,(H,22,24)/t12?,14-,16+,17+/m0/s1. The molecule has 2 aliphatic heterocycles. The first kappa shape index (κ1) is 18.1. The first-order chi connectivity index (χ1) is 12.0. The van der Waals surface area contributed by atoms with E-state index in [0.29, 0.717) is 29.9 Å². The van der Waals surface area contributed by atoms with E-state index in [-0.39, 0.29) is 18.0 Å². The van der Waals surface area contributed by atoms with Gasteiger partial charge in [0.05, 0.1) is 23.2 Å². The summed E-state index contributed by atoms with van der Waals surface area (Å²) < 4.78 is 6.71. The van der Waals surface area contributed by atoms with Crippen LogP contribution in [-0.2, 0) is 0 Å². The lowest BCUT2D eigenvalue weighted by Gasteiger charge is -2.22. The van der Waals surface area contributed by atoms with Gasteiger partial charge in [0.1, 0.15) is 5.75 Å². The second-order valence-corrected chi connectivity index (χ2v) is 7.95. The van der Waals surface area contributed by atoms with E-state index in [2.05, 4.69) is 41.3 Å². The summed E-state index contributed by atoms with van der Waals surface area (Å²) in [5.41, 5.74) is 0.591. The van der Waals surface area contributed by atoms with Gasteiger partial charge in [-0.25, -0.2) is 0 Å². The van der Waals surface area contributed by atoms with Crippen LogP contribution in [0.2, 0.25) is 0 Å². The minimum atomic E-state index is -0.101. The molecule has 2 heterocycles. The van der Waals surface area contributed by atoms with Crippen molar-refractivity contribution in [1.82, 2.24) is 10.2 Å². The van der Waals surface area contributed by atoms with Gasteiger partial charge in [-0.1, -0.05) is 20.3 Å². The van der Waals surface area contributed by atoms with Gasteiger partial charge in [0.2, 0.25) is 0 Å². The third kappa shape index (κ3) is 3.77. The lowest BCUT2D eigenvalue weighted by atomic mass is 9.95. The number of nitriles is 1. The van der Waals surface area contributed by atoms with E-state index in [1.807, 2.05) is 11.0 Å². The monoisotopic (exact) mass is 405 g/mol. The fourth-order valence-electron chi connectivity index (χ4n) is 3.66. The lowest BCUT2D eigenvalue weighted by molar-refractivity contribution is 0.0928. The minimum absolute atomic E-state index is 0.0547. The summed E-state index contributed by atoms with van der Waals surface area (Å²) in [6, 6.07) is 5.93. The molecule has 0 saturated carbocycles. The smallest absolute Gasteiger partial charge is 0.251 e. The molecule has 0 aromatic heterocycles. The van der Waals surface area contributed by atoms with Crippen molar-refractivity contribution < 1.29 is 9.53 Å². The molecule has 2 aliphatic rings. The maximum absolute atomic E-state index is 12.6. The molecule has 0 radical (unpaired) electrons. The highest BCUT2D eigenvalue weighted by Gasteiger charge is 2.46. The molecule has 5 nitrogen and oxygen atoms in total. The molecule has 25 heavy (non-hydrogen) atoms. The third-order valence-electron chi connectivity index (χ3n) is 5.38. The van der Waals surface area contributed by atoms with Crippen LogP contribution in [0.15, 0.2) is 22.7 Å². The number of hydrogen-bond donors (Lipinski definition) is 1. The number of amides is 1. The first-order valence-corrected chi connectivity index (χ1v) is 9.74. The number of hydrogen-bond acceptors (Lipinski definition) is 4. The molecule has 2 bridgehead atoms. The number of nitrogens with one attached hydrogen (secondary N) is 1. The van der Waals surface area contributed by atoms with E-state index >= 15 is 0 Å². The van der Waals surface area contributed by atoms with Crippen molar-refractivity contribution in [3.8, 4) is 11.9 Å². The van der Waals surface area contributed by atoms with Crippen molar-refractivity contribution in [3.63, 3.8) is 0 Å². The Morgan fingerprint density at radius 2 is 2.32 bits per heavy atom. The predicted molar refractivity (Wildman–Crippen MR) is 99.2 cm³/mol. The zero-order valence-electron chi connectivity index (χ0n) is 14.7. The van der Waals surface area contributed by atoms with Gasteiger partial charge in [-0.3, -0.25) is 4.79 Å². The molecule has 2 saturated heterocycles. The maximum atomic E-state index is 12.6. The van der Waals surface area contributed by atoms with E-state index in [1.165, 1.54) is 0 Å². The van der Waals surface area contributed by atoms with Crippen LogP contribution in [0, 0.1) is 17.4 Å². The van der Waals surface area contributed by atoms with Crippen molar-refractivity contribution >= 4 is 21.8 Å². The summed E-state index contributed by atoms with van der Waals surface area (Å²) in [5, 5.41) is 12.4. The van der Waals surface area contributed by atoms with Gasteiger partial charge >= 0.3 is 0 Å². The third-order valence-corrected chi connectivity index (χ3v) is 6.04. The Morgan fingerprint density at radius 1 is 1.52 bits per heavy atom. The van der Waals surface area contributed by atoms with Gasteiger partial charge < -0.3 is 15.0 Å². The molecule has 4 atom stereocenters. The van der Waals surface area contributed by atoms with Crippen LogP contribution >= 0.6 is 15.9 Å². The van der Waals surface area contributed by atoms with Gasteiger partial charge in [-0.15, -0.1) is 0 Å². The zero-order valence-corrected chi connectivity index (χ0v) is 16.3. The van der Waals surface area contributed by atoms with E-state index in [1.54, 1.807) is 12.1 Å². The second kappa shape index (κ2) is 7.65. The minimum Gasteiger partial charge on any atom is -0.492 e. The number of fused-ring (bicyclic) bond motifs is 2. The Kier molecular flexibility index (Phi) is 5.53. The Morgan fingerprint density at radius 3 is 3.00 bits per heavy atom. The van der Waals surface area contributed by atoms with Crippen LogP contribution in [0.4, 0.5) is 0 Å². The van der Waals surface area contributed by atoms with Gasteiger partial charge in [0.25, 0.3) is 5.91 Å². The van der Waals surface area contributed by atoms with Crippen molar-refractivity contribution in [1.29, 1.82) is 5.26 Å². The Bertz CT molecular complexity index is 688. The maximum Gasteiger partial charge on any atom is 0.251 e. The van der Waals surface area contributed by atoms with Gasteiger partial charge in [-0.05, 0) is 59.3 Å². The fourth-order valence-corrected chi connectivity index (χ4v) is 4.02. The Balaban J connectivity index is 1.66. The summed E-state index contributed by atoms with van der Waals surface area (Å²) in [7, 11) is 0. The average Bonchev–Trinajstić information content (AvgIpc) is 3.17. The van der Waals surface area contributed by atoms with Gasteiger partial charge in [-0.2, -0.15) is 5.26 Å². The van der Waals surface area contributed by atoms with E-state index < -0.39 is 0 Å². The zero-order chi connectivity index (χ0) is 18.0. The van der Waals surface area contributed by atoms with Crippen molar-refractivity contribution in [2.75, 3.05) is 6.61 Å². The number of rotatable bonds is 6. The van der Waals surface area contributed by atoms with Crippen LogP contribution in [0.5, 0.6) is 5.75 Å². The van der Waals surface area contributed by atoms with Crippen LogP contribution in [0.1, 0.15) is 49.9 Å². The average molecular weight is 406 g/mol. The second-order valence-electron chi connectivity index (χ2n) is 7.09. The Labute approximate surface area is 157 Å². The quantitative estimate of drug-likeness (QED) is 0.732. The predicted octanol–water partition coefficient (Wildman–Crippen LogP) is 3.69. The number of ether oxygens (including phenoxy) is 1. The molecule has 6 heteroatoms. The van der Waals surface area contributed by atoms with Crippen molar-refractivity contribution in [2.24, 2.45) is 5.92 Å². The SMILES string of the molecule is CCC(C)COc1cc(C(=O)N[C@@H]2C[C@@H]3CC[C@H]2N3C#N)ccc1Br. The van der Waals surface area contributed by atoms with Crippen LogP contribution in [-0.4, -0.2) is 35.5 Å². The van der Waals surface area contributed by atoms with E-state index in [9.17, 15) is 10.1 Å². The molecule has 1 aromatic carbocycles. The molecule has 0 spiro atoms. The van der Waals surface area contributed by atoms with Crippen LogP contribution in [0.3, 0.4) is 0 Å². The topological polar surface area (TPSA) is 65.4 Å². The summed E-state index contributed by atoms with van der Waals surface area (Å²) >= 11 is 3.48. The van der Waals surface area contributed by atoms with E-state index in [0.717, 1.165) is 30.2 Å². The molecule has 1 N–H and O–H groups in total. The molecule has 3 rings (SSSR count). The highest BCUT2D eigenvalue weighted by Crippen LogP contribution is 2.37. The van der Waals surface area contributed by atoms with E-state index in [4.69, 9.17) is 4.74 Å². The highest BCUT2D eigenvalue weighted by molar-refractivity contribution is 9.10. The van der Waals surface area contributed by atoms with Gasteiger partial charge in [0, 0.05) is 11.6 Å². The molecule has 2 fully saturated rings. The Hall–Kier alpha value is -1.74. The first-order valence-electron chi connectivity index (χ1n) is 8.94. The molecule has 1 aromatic rings. The van der Waals surface area contributed by atoms with Crippen LogP contribution in [0.25, 0.3) is 0 Å². The molecule has 1 unspecified atom stereocenters. The number of nitrogens with zero attached hydrogens (tertiary/aromatic N) is 2. The summed E-state index contributed by atoms with van der Waals surface area (Å²) in [4.78, 5) is 14.5.